The van der Waals surface area contributed by atoms with Gasteiger partial charge in [-0.1, -0.05) is 0 Å². The minimum Gasteiger partial charge on any atom is -0.394 e. The Hall–Kier alpha value is -0.170. The average molecular weight is 156 g/mol. The van der Waals surface area contributed by atoms with Crippen molar-refractivity contribution in [3.8, 4) is 0 Å². The van der Waals surface area contributed by atoms with Crippen molar-refractivity contribution in [2.24, 2.45) is 0 Å². The lowest BCUT2D eigenvalue weighted by atomic mass is 10.4. The Balaban J connectivity index is 3.27. The van der Waals surface area contributed by atoms with E-state index in [0.29, 0.717) is 0 Å². The molecule has 0 saturated heterocycles. The topological polar surface area (TPSA) is 83.8 Å². The third-order valence-electron chi connectivity index (χ3n) is 0.583. The van der Waals surface area contributed by atoms with Crippen LogP contribution < -0.4 is 0 Å². The zero-order chi connectivity index (χ0) is 7.28. The second-order valence-electron chi connectivity index (χ2n) is 1.36. The van der Waals surface area contributed by atoms with Gasteiger partial charge in [0.2, 0.25) is 0 Å². The fraction of sp³-hybridized carbons (Fsp3) is 1.00. The molecule has 1 atom stereocenters. The zero-order valence-corrected chi connectivity index (χ0v) is 5.45. The second kappa shape index (κ2) is 4.68. The number of aliphatic hydroxyl groups excluding tert-OH is 2. The van der Waals surface area contributed by atoms with Crippen molar-refractivity contribution in [1.82, 2.24) is 0 Å². The van der Waals surface area contributed by atoms with E-state index in [0.717, 1.165) is 0 Å². The summed E-state index contributed by atoms with van der Waals surface area (Å²) in [5.41, 5.74) is 0. The van der Waals surface area contributed by atoms with Gasteiger partial charge in [-0.05, 0) is 0 Å². The van der Waals surface area contributed by atoms with Crippen LogP contribution in [0.25, 0.3) is 0 Å². The van der Waals surface area contributed by atoms with Gasteiger partial charge >= 0.3 is 0 Å². The molecule has 0 saturated carbocycles. The largest absolute Gasteiger partial charge is 0.394 e. The molecule has 0 aliphatic carbocycles. The molecule has 0 aromatic rings. The Morgan fingerprint density at radius 2 is 2.11 bits per heavy atom. The van der Waals surface area contributed by atoms with Gasteiger partial charge in [0, 0.05) is 0 Å². The van der Waals surface area contributed by atoms with Gasteiger partial charge in [0.15, 0.2) is 0 Å². The standard InChI is InChI=1S/C3H8O5S/c4-1-3(5)2-8-9(6)7/h3-5,9H,1-2H2. The minimum absolute atomic E-state index is 0.380. The lowest BCUT2D eigenvalue weighted by Gasteiger charge is -2.01. The monoisotopic (exact) mass is 156 g/mol. The summed E-state index contributed by atoms with van der Waals surface area (Å²) in [4.78, 5) is 0. The van der Waals surface area contributed by atoms with E-state index in [1.165, 1.54) is 0 Å². The highest BCUT2D eigenvalue weighted by Crippen LogP contribution is 1.81. The van der Waals surface area contributed by atoms with Crippen molar-refractivity contribution < 1.29 is 22.8 Å². The normalized spacial score (nSPS) is 14.1. The first-order valence-corrected chi connectivity index (χ1v) is 3.32. The third kappa shape index (κ3) is 5.71. The van der Waals surface area contributed by atoms with Crippen LogP contribution in [0.2, 0.25) is 0 Å². The Kier molecular flexibility index (Phi) is 4.60. The van der Waals surface area contributed by atoms with E-state index in [9.17, 15) is 8.42 Å². The summed E-state index contributed by atoms with van der Waals surface area (Å²) in [6, 6.07) is 0. The molecule has 0 aliphatic heterocycles. The molecule has 0 amide bonds. The molecule has 0 rings (SSSR count). The van der Waals surface area contributed by atoms with Crippen LogP contribution in [0, 0.1) is 0 Å². The SMILES string of the molecule is O=[SH](=O)OCC(O)CO. The summed E-state index contributed by atoms with van der Waals surface area (Å²) in [6.45, 7) is -0.877. The predicted molar refractivity (Wildman–Crippen MR) is 29.4 cm³/mol. The summed E-state index contributed by atoms with van der Waals surface area (Å²) in [6.07, 6.45) is -1.11. The molecule has 0 aliphatic rings. The number of aliphatic hydroxyl groups is 2. The highest BCUT2D eigenvalue weighted by Gasteiger charge is 2.00. The Bertz CT molecular complexity index is 122. The Morgan fingerprint density at radius 3 is 2.44 bits per heavy atom. The quantitative estimate of drug-likeness (QED) is 0.405. The summed E-state index contributed by atoms with van der Waals surface area (Å²) >= 11 is 0. The first kappa shape index (κ1) is 8.83. The summed E-state index contributed by atoms with van der Waals surface area (Å²) in [5.74, 6) is 0. The number of hydrogen-bond donors (Lipinski definition) is 3. The molecular weight excluding hydrogens is 148 g/mol. The summed E-state index contributed by atoms with van der Waals surface area (Å²) in [5, 5.41) is 16.6. The fourth-order valence-corrected chi connectivity index (χ4v) is 0.493. The van der Waals surface area contributed by atoms with Crippen molar-refractivity contribution in [3.63, 3.8) is 0 Å². The second-order valence-corrected chi connectivity index (χ2v) is 2.06. The van der Waals surface area contributed by atoms with Crippen molar-refractivity contribution in [2.75, 3.05) is 13.2 Å². The van der Waals surface area contributed by atoms with E-state index >= 15 is 0 Å². The highest BCUT2D eigenvalue weighted by atomic mass is 32.2. The van der Waals surface area contributed by atoms with Crippen molar-refractivity contribution in [1.29, 1.82) is 0 Å². The van der Waals surface area contributed by atoms with Gasteiger partial charge in [-0.3, -0.25) is 4.18 Å². The lowest BCUT2D eigenvalue weighted by molar-refractivity contribution is 0.0573. The maximum Gasteiger partial charge on any atom is 0.257 e. The molecule has 0 aromatic heterocycles. The van der Waals surface area contributed by atoms with Crippen LogP contribution in [0.1, 0.15) is 0 Å². The Labute approximate surface area is 54.0 Å². The first-order valence-electron chi connectivity index (χ1n) is 2.23. The molecular formula is C3H8O5S. The Morgan fingerprint density at radius 1 is 1.56 bits per heavy atom. The van der Waals surface area contributed by atoms with Crippen molar-refractivity contribution in [3.05, 3.63) is 0 Å². The van der Waals surface area contributed by atoms with Gasteiger partial charge < -0.3 is 10.2 Å². The predicted octanol–water partition coefficient (Wildman–Crippen LogP) is -2.12. The third-order valence-corrected chi connectivity index (χ3v) is 0.943. The number of hydrogen-bond acceptors (Lipinski definition) is 5. The smallest absolute Gasteiger partial charge is 0.257 e. The summed E-state index contributed by atoms with van der Waals surface area (Å²) < 4.78 is 23.2. The van der Waals surface area contributed by atoms with Gasteiger partial charge in [-0.25, -0.2) is 8.42 Å². The van der Waals surface area contributed by atoms with Crippen molar-refractivity contribution in [2.45, 2.75) is 6.10 Å². The first-order chi connectivity index (χ1) is 4.16. The van der Waals surface area contributed by atoms with E-state index < -0.39 is 23.7 Å². The van der Waals surface area contributed by atoms with Crippen LogP contribution in [0.15, 0.2) is 0 Å². The molecule has 6 heteroatoms. The van der Waals surface area contributed by atoms with Crippen LogP contribution >= 0.6 is 0 Å². The van der Waals surface area contributed by atoms with E-state index in [2.05, 4.69) is 4.18 Å². The van der Waals surface area contributed by atoms with Crippen molar-refractivity contribution >= 4 is 11.0 Å². The number of rotatable bonds is 4. The molecule has 56 valence electrons. The molecule has 1 unspecified atom stereocenters. The molecule has 2 N–H and O–H groups in total. The average Bonchev–Trinajstić information content (AvgIpc) is 1.83. The molecule has 0 spiro atoms. The lowest BCUT2D eigenvalue weighted by Crippen LogP contribution is -2.18. The molecule has 0 bridgehead atoms. The fourth-order valence-electron chi connectivity index (χ4n) is 0.200. The van der Waals surface area contributed by atoms with Gasteiger partial charge in [0.1, 0.15) is 6.10 Å². The van der Waals surface area contributed by atoms with Crippen LogP contribution in [-0.2, 0) is 15.2 Å². The molecule has 9 heavy (non-hydrogen) atoms. The van der Waals surface area contributed by atoms with Crippen LogP contribution in [-0.4, -0.2) is 37.9 Å². The van der Waals surface area contributed by atoms with E-state index in [1.54, 1.807) is 0 Å². The van der Waals surface area contributed by atoms with Gasteiger partial charge in [0.25, 0.3) is 11.0 Å². The molecule has 0 radical (unpaired) electrons. The zero-order valence-electron chi connectivity index (χ0n) is 4.56. The molecule has 5 nitrogen and oxygen atoms in total. The minimum atomic E-state index is -2.91. The maximum absolute atomic E-state index is 9.64. The molecule has 0 aromatic carbocycles. The maximum atomic E-state index is 9.64. The van der Waals surface area contributed by atoms with Gasteiger partial charge in [0.05, 0.1) is 13.2 Å². The molecule has 0 heterocycles. The van der Waals surface area contributed by atoms with E-state index in [1.807, 2.05) is 0 Å². The van der Waals surface area contributed by atoms with Gasteiger partial charge in [-0.15, -0.1) is 0 Å². The van der Waals surface area contributed by atoms with E-state index in [4.69, 9.17) is 10.2 Å². The highest BCUT2D eigenvalue weighted by molar-refractivity contribution is 7.67. The van der Waals surface area contributed by atoms with Gasteiger partial charge in [-0.2, -0.15) is 0 Å². The van der Waals surface area contributed by atoms with Crippen LogP contribution in [0.3, 0.4) is 0 Å². The number of thiol groups is 1. The molecule has 0 fully saturated rings. The van der Waals surface area contributed by atoms with Crippen LogP contribution in [0.4, 0.5) is 0 Å². The van der Waals surface area contributed by atoms with Crippen LogP contribution in [0.5, 0.6) is 0 Å². The summed E-state index contributed by atoms with van der Waals surface area (Å²) in [7, 11) is -2.91. The van der Waals surface area contributed by atoms with E-state index in [-0.39, 0.29) is 6.61 Å².